The maximum Gasteiger partial charge on any atom is 0.320 e. The summed E-state index contributed by atoms with van der Waals surface area (Å²) in [5.41, 5.74) is 9.76. The number of hydrogen-bond acceptors (Lipinski definition) is 7. The third-order valence-corrected chi connectivity index (χ3v) is 5.73. The summed E-state index contributed by atoms with van der Waals surface area (Å²) in [4.78, 5) is 19.8. The molecule has 0 aliphatic rings. The van der Waals surface area contributed by atoms with Crippen molar-refractivity contribution in [1.29, 1.82) is 0 Å². The first-order valence-electron chi connectivity index (χ1n) is 11.1. The molecule has 4 rings (SSSR count). The first kappa shape index (κ1) is 23.6. The second-order valence-corrected chi connectivity index (χ2v) is 8.22. The maximum atomic E-state index is 12.1. The number of carbonyl (C=O) groups excluding carboxylic acids is 1. The van der Waals surface area contributed by atoms with Crippen molar-refractivity contribution in [2.24, 2.45) is 5.73 Å². The third-order valence-electron chi connectivity index (χ3n) is 5.44. The van der Waals surface area contributed by atoms with Crippen LogP contribution in [0.1, 0.15) is 43.0 Å². The van der Waals surface area contributed by atoms with Crippen molar-refractivity contribution in [3.8, 4) is 22.5 Å². The summed E-state index contributed by atoms with van der Waals surface area (Å²) in [5.74, 6) is 0.713. The third kappa shape index (κ3) is 5.49. The van der Waals surface area contributed by atoms with Crippen molar-refractivity contribution in [2.75, 3.05) is 6.54 Å². The Balaban J connectivity index is 1.70. The molecule has 1 atom stereocenters. The van der Waals surface area contributed by atoms with E-state index in [1.54, 1.807) is 0 Å². The molecule has 0 saturated heterocycles. The molecule has 0 fully saturated rings. The smallest absolute Gasteiger partial charge is 0.320 e. The van der Waals surface area contributed by atoms with Crippen LogP contribution < -0.4 is 5.73 Å². The van der Waals surface area contributed by atoms with Gasteiger partial charge in [0.25, 0.3) is 0 Å². The number of esters is 1. The lowest BCUT2D eigenvalue weighted by atomic mass is 9.95. The highest BCUT2D eigenvalue weighted by Crippen LogP contribution is 2.33. The molecule has 2 heterocycles. The molecule has 0 spiro atoms. The van der Waals surface area contributed by atoms with Gasteiger partial charge >= 0.3 is 5.97 Å². The van der Waals surface area contributed by atoms with Crippen molar-refractivity contribution < 1.29 is 9.53 Å². The van der Waals surface area contributed by atoms with Gasteiger partial charge in [-0.1, -0.05) is 67.4 Å². The van der Waals surface area contributed by atoms with Gasteiger partial charge in [0.15, 0.2) is 5.15 Å². The fraction of sp³-hybridized carbons (Fsp3) is 0.292. The number of aryl methyl sites for hydroxylation is 1. The SMILES string of the molecule is CCCCc1nc(Cl)c([C@H](Cc2ccc(-c3ccccc3)c(-c3nn[nH]n3)c2)OC(=O)CN)[nH]1. The van der Waals surface area contributed by atoms with Crippen molar-refractivity contribution in [2.45, 2.75) is 38.7 Å². The Kier molecular flexibility index (Phi) is 7.66. The van der Waals surface area contributed by atoms with Gasteiger partial charge in [-0.15, -0.1) is 10.2 Å². The van der Waals surface area contributed by atoms with Crippen LogP contribution in [0.5, 0.6) is 0 Å². The number of aromatic nitrogens is 6. The number of benzene rings is 2. The fourth-order valence-electron chi connectivity index (χ4n) is 3.76. The number of halogens is 1. The Bertz CT molecular complexity index is 1230. The molecule has 9 nitrogen and oxygen atoms in total. The number of ether oxygens (including phenoxy) is 1. The summed E-state index contributed by atoms with van der Waals surface area (Å²) in [6.45, 7) is 1.88. The van der Waals surface area contributed by atoms with E-state index >= 15 is 0 Å². The molecule has 4 N–H and O–H groups in total. The van der Waals surface area contributed by atoms with Gasteiger partial charge in [-0.25, -0.2) is 4.98 Å². The van der Waals surface area contributed by atoms with Gasteiger partial charge in [-0.05, 0) is 34.4 Å². The minimum atomic E-state index is -0.674. The molecule has 2 aromatic carbocycles. The number of H-pyrrole nitrogens is 2. The van der Waals surface area contributed by atoms with Crippen LogP contribution in [-0.2, 0) is 22.4 Å². The molecule has 34 heavy (non-hydrogen) atoms. The predicted octanol–water partition coefficient (Wildman–Crippen LogP) is 4.04. The Morgan fingerprint density at radius 3 is 2.71 bits per heavy atom. The molecule has 0 amide bonds. The van der Waals surface area contributed by atoms with Crippen molar-refractivity contribution >= 4 is 17.6 Å². The van der Waals surface area contributed by atoms with Gasteiger partial charge in [0.05, 0.1) is 12.2 Å². The summed E-state index contributed by atoms with van der Waals surface area (Å²) >= 11 is 6.43. The number of carbonyl (C=O) groups is 1. The van der Waals surface area contributed by atoms with Gasteiger partial charge in [-0.2, -0.15) is 5.21 Å². The van der Waals surface area contributed by atoms with E-state index in [4.69, 9.17) is 22.1 Å². The number of unbranched alkanes of at least 4 members (excludes halogenated alkanes) is 1. The van der Waals surface area contributed by atoms with Gasteiger partial charge in [0.2, 0.25) is 5.82 Å². The second-order valence-electron chi connectivity index (χ2n) is 7.86. The minimum Gasteiger partial charge on any atom is -0.455 e. The zero-order valence-electron chi connectivity index (χ0n) is 18.8. The largest absolute Gasteiger partial charge is 0.455 e. The Morgan fingerprint density at radius 1 is 1.18 bits per heavy atom. The van der Waals surface area contributed by atoms with Gasteiger partial charge in [0, 0.05) is 18.4 Å². The fourth-order valence-corrected chi connectivity index (χ4v) is 4.03. The number of aromatic amines is 2. The molecule has 2 aromatic heterocycles. The highest BCUT2D eigenvalue weighted by atomic mass is 35.5. The summed E-state index contributed by atoms with van der Waals surface area (Å²) in [7, 11) is 0. The molecule has 0 unspecified atom stereocenters. The van der Waals surface area contributed by atoms with Gasteiger partial charge in [-0.3, -0.25) is 4.79 Å². The second kappa shape index (κ2) is 11.0. The van der Waals surface area contributed by atoms with Crippen molar-refractivity contribution in [3.63, 3.8) is 0 Å². The lowest BCUT2D eigenvalue weighted by molar-refractivity contribution is -0.147. The molecule has 10 heteroatoms. The monoisotopic (exact) mass is 479 g/mol. The first-order valence-corrected chi connectivity index (χ1v) is 11.5. The van der Waals surface area contributed by atoms with Crippen LogP contribution in [0.25, 0.3) is 22.5 Å². The van der Waals surface area contributed by atoms with Gasteiger partial charge in [0.1, 0.15) is 11.9 Å². The summed E-state index contributed by atoms with van der Waals surface area (Å²) < 4.78 is 5.66. The van der Waals surface area contributed by atoms with Crippen LogP contribution in [0, 0.1) is 0 Å². The van der Waals surface area contributed by atoms with Crippen molar-refractivity contribution in [1.82, 2.24) is 30.6 Å². The van der Waals surface area contributed by atoms with Crippen LogP contribution in [0.3, 0.4) is 0 Å². The van der Waals surface area contributed by atoms with Crippen LogP contribution in [0.2, 0.25) is 5.15 Å². The van der Waals surface area contributed by atoms with E-state index in [0.29, 0.717) is 23.1 Å². The van der Waals surface area contributed by atoms with Crippen LogP contribution in [0.4, 0.5) is 0 Å². The number of nitrogens with two attached hydrogens (primary N) is 1. The van der Waals surface area contributed by atoms with Crippen molar-refractivity contribution in [3.05, 3.63) is 70.8 Å². The Morgan fingerprint density at radius 2 is 2.00 bits per heavy atom. The highest BCUT2D eigenvalue weighted by molar-refractivity contribution is 6.30. The molecular weight excluding hydrogens is 454 g/mol. The molecule has 4 aromatic rings. The number of rotatable bonds is 10. The molecular formula is C24H26ClN7O2. The molecule has 0 saturated carbocycles. The zero-order valence-corrected chi connectivity index (χ0v) is 19.5. The van der Waals surface area contributed by atoms with E-state index in [0.717, 1.165) is 47.3 Å². The molecule has 176 valence electrons. The first-order chi connectivity index (χ1) is 16.6. The average Bonchev–Trinajstić information content (AvgIpc) is 3.53. The average molecular weight is 480 g/mol. The van der Waals surface area contributed by atoms with E-state index in [9.17, 15) is 4.79 Å². The predicted molar refractivity (Wildman–Crippen MR) is 129 cm³/mol. The number of nitrogens with one attached hydrogen (secondary N) is 2. The summed E-state index contributed by atoms with van der Waals surface area (Å²) in [6, 6.07) is 15.9. The van der Waals surface area contributed by atoms with Gasteiger partial charge < -0.3 is 15.5 Å². The Hall–Kier alpha value is -3.56. The van der Waals surface area contributed by atoms with E-state index < -0.39 is 12.1 Å². The van der Waals surface area contributed by atoms with E-state index in [2.05, 4.69) is 37.5 Å². The maximum absolute atomic E-state index is 12.1. The molecule has 0 aliphatic carbocycles. The summed E-state index contributed by atoms with van der Waals surface area (Å²) in [6.07, 6.45) is 2.46. The topological polar surface area (TPSA) is 135 Å². The minimum absolute atomic E-state index is 0.230. The standard InChI is InChI=1S/C24H26ClN7O2/c1-2-3-9-20-27-22(23(25)28-20)19(34-21(33)14-26)13-15-10-11-17(16-7-5-4-6-8-16)18(12-15)24-29-31-32-30-24/h4-8,10-12,19H,2-3,9,13-14,26H2,1H3,(H,27,28)(H,29,30,31,32)/t19-/m0/s1. The molecule has 0 aliphatic heterocycles. The number of tetrazole rings is 1. The molecule has 0 radical (unpaired) electrons. The lowest BCUT2D eigenvalue weighted by Gasteiger charge is -2.18. The number of hydrogen-bond donors (Lipinski definition) is 3. The quantitative estimate of drug-likeness (QED) is 0.292. The van der Waals surface area contributed by atoms with Crippen LogP contribution >= 0.6 is 11.6 Å². The number of imidazole rings is 1. The van der Waals surface area contributed by atoms with Crippen LogP contribution in [0.15, 0.2) is 48.5 Å². The lowest BCUT2D eigenvalue weighted by Crippen LogP contribution is -2.21. The normalized spacial score (nSPS) is 12.0. The molecule has 0 bridgehead atoms. The van der Waals surface area contributed by atoms with Crippen LogP contribution in [-0.4, -0.2) is 43.1 Å². The van der Waals surface area contributed by atoms with E-state index in [-0.39, 0.29) is 6.54 Å². The highest BCUT2D eigenvalue weighted by Gasteiger charge is 2.24. The Labute approximate surface area is 202 Å². The van der Waals surface area contributed by atoms with E-state index in [1.165, 1.54) is 0 Å². The number of nitrogens with zero attached hydrogens (tertiary/aromatic N) is 4. The zero-order chi connectivity index (χ0) is 23.9. The summed E-state index contributed by atoms with van der Waals surface area (Å²) in [5, 5.41) is 14.9. The van der Waals surface area contributed by atoms with E-state index in [1.807, 2.05) is 48.5 Å².